The summed E-state index contributed by atoms with van der Waals surface area (Å²) < 4.78 is 8.67. The number of rotatable bonds is 9. The van der Waals surface area contributed by atoms with Crippen LogP contribution in [-0.2, 0) is 18.7 Å². The molecule has 6 nitrogen and oxygen atoms in total. The van der Waals surface area contributed by atoms with E-state index in [1.54, 1.807) is 24.7 Å². The summed E-state index contributed by atoms with van der Waals surface area (Å²) in [6.45, 7) is 0.578. The molecular formula is C29H26N2O4S. The first-order chi connectivity index (χ1) is 17.6. The summed E-state index contributed by atoms with van der Waals surface area (Å²) in [7, 11) is 0. The van der Waals surface area contributed by atoms with E-state index in [0.717, 1.165) is 40.8 Å². The van der Waals surface area contributed by atoms with Gasteiger partial charge in [-0.2, -0.15) is 0 Å². The number of fused-ring (bicyclic) bond motifs is 1. The van der Waals surface area contributed by atoms with Crippen LogP contribution in [0.1, 0.15) is 56.4 Å². The van der Waals surface area contributed by atoms with Crippen LogP contribution in [0.3, 0.4) is 0 Å². The largest absolute Gasteiger partial charge is 0.484 e. The summed E-state index contributed by atoms with van der Waals surface area (Å²) in [6.07, 6.45) is 7.30. The molecule has 0 unspecified atom stereocenters. The van der Waals surface area contributed by atoms with Gasteiger partial charge >= 0.3 is 5.97 Å². The lowest BCUT2D eigenvalue weighted by molar-refractivity contribution is 0.0693. The van der Waals surface area contributed by atoms with E-state index < -0.39 is 5.97 Å². The molecule has 1 aliphatic carbocycles. The topological polar surface area (TPSA) is 81.4 Å². The normalized spacial score (nSPS) is 13.7. The molecule has 0 saturated heterocycles. The van der Waals surface area contributed by atoms with Crippen molar-refractivity contribution in [2.24, 2.45) is 0 Å². The quantitative estimate of drug-likeness (QED) is 0.276. The Balaban J connectivity index is 1.52. The average molecular weight is 499 g/mol. The van der Waals surface area contributed by atoms with Crippen LogP contribution >= 0.6 is 11.8 Å². The molecule has 1 heterocycles. The standard InChI is InChI=1S/C29H26N2O4S/c32-25-11-6-10-21-22(25)13-14-26(24(21)18-36-28-12-5-4-9-23(28)29(33)34)35-27(17-31-16-15-30-19-31)20-7-2-1-3-8-20/h1-5,7-9,12-16,19,27H,6,10-11,17-18H2,(H,33,34)/t27-/m1/s1. The Bertz CT molecular complexity index is 1370. The highest BCUT2D eigenvalue weighted by Crippen LogP contribution is 2.38. The molecule has 36 heavy (non-hydrogen) atoms. The van der Waals surface area contributed by atoms with E-state index in [2.05, 4.69) is 4.98 Å². The molecule has 1 atom stereocenters. The summed E-state index contributed by atoms with van der Waals surface area (Å²) in [5.41, 5.74) is 4.03. The van der Waals surface area contributed by atoms with Crippen LogP contribution in [0.25, 0.3) is 0 Å². The fourth-order valence-corrected chi connectivity index (χ4v) is 5.69. The smallest absolute Gasteiger partial charge is 0.336 e. The van der Waals surface area contributed by atoms with E-state index in [1.807, 2.05) is 65.4 Å². The van der Waals surface area contributed by atoms with Crippen LogP contribution in [-0.4, -0.2) is 26.4 Å². The number of imidazole rings is 1. The molecule has 0 amide bonds. The third kappa shape index (κ3) is 5.21. The Labute approximate surface area is 214 Å². The van der Waals surface area contributed by atoms with Gasteiger partial charge in [-0.25, -0.2) is 9.78 Å². The summed E-state index contributed by atoms with van der Waals surface area (Å²) in [5, 5.41) is 9.62. The SMILES string of the molecule is O=C(O)c1ccccc1SCc1c(O[C@H](Cn2ccnc2)c2ccccc2)ccc2c1CCCC2=O. The van der Waals surface area contributed by atoms with Crippen molar-refractivity contribution in [2.75, 3.05) is 0 Å². The number of ether oxygens (including phenoxy) is 1. The van der Waals surface area contributed by atoms with Gasteiger partial charge in [-0.3, -0.25) is 4.79 Å². The van der Waals surface area contributed by atoms with E-state index in [0.29, 0.717) is 23.6 Å². The first-order valence-corrected chi connectivity index (χ1v) is 12.9. The van der Waals surface area contributed by atoms with Gasteiger partial charge in [-0.05, 0) is 48.2 Å². The van der Waals surface area contributed by atoms with Crippen molar-refractivity contribution in [3.8, 4) is 5.75 Å². The van der Waals surface area contributed by atoms with Crippen molar-refractivity contribution >= 4 is 23.5 Å². The highest BCUT2D eigenvalue weighted by atomic mass is 32.2. The third-order valence-corrected chi connectivity index (χ3v) is 7.49. The second kappa shape index (κ2) is 10.8. The molecule has 1 aliphatic rings. The molecular weight excluding hydrogens is 472 g/mol. The summed E-state index contributed by atoms with van der Waals surface area (Å²) in [5.74, 6) is 0.419. The first-order valence-electron chi connectivity index (χ1n) is 11.9. The first kappa shape index (κ1) is 23.9. The van der Waals surface area contributed by atoms with Crippen molar-refractivity contribution in [1.29, 1.82) is 0 Å². The number of carboxylic acids is 1. The van der Waals surface area contributed by atoms with E-state index in [4.69, 9.17) is 4.74 Å². The third-order valence-electron chi connectivity index (χ3n) is 6.39. The molecule has 182 valence electrons. The van der Waals surface area contributed by atoms with E-state index >= 15 is 0 Å². The minimum atomic E-state index is -0.954. The Hall–Kier alpha value is -3.84. The van der Waals surface area contributed by atoms with Gasteiger partial charge in [0.25, 0.3) is 0 Å². The van der Waals surface area contributed by atoms with Gasteiger partial charge in [0, 0.05) is 40.6 Å². The number of thioether (sulfide) groups is 1. The van der Waals surface area contributed by atoms with Crippen LogP contribution in [0.5, 0.6) is 5.75 Å². The minimum absolute atomic E-state index is 0.151. The van der Waals surface area contributed by atoms with Crippen LogP contribution in [0.4, 0.5) is 0 Å². The Kier molecular flexibility index (Phi) is 7.18. The molecule has 0 aliphatic heterocycles. The number of aromatic nitrogens is 2. The molecule has 0 saturated carbocycles. The number of carbonyl (C=O) groups excluding carboxylic acids is 1. The molecule has 1 N–H and O–H groups in total. The number of Topliss-reactive ketones (excluding diaryl/α,β-unsaturated/α-hetero) is 1. The average Bonchev–Trinajstić information content (AvgIpc) is 3.41. The van der Waals surface area contributed by atoms with Crippen molar-refractivity contribution in [3.05, 3.63) is 113 Å². The zero-order valence-corrected chi connectivity index (χ0v) is 20.5. The van der Waals surface area contributed by atoms with Gasteiger partial charge in [-0.1, -0.05) is 42.5 Å². The minimum Gasteiger partial charge on any atom is -0.484 e. The van der Waals surface area contributed by atoms with Gasteiger partial charge in [0.1, 0.15) is 11.9 Å². The van der Waals surface area contributed by atoms with Crippen LogP contribution in [0.15, 0.2) is 90.3 Å². The molecule has 1 aromatic heterocycles. The Morgan fingerprint density at radius 1 is 1.06 bits per heavy atom. The van der Waals surface area contributed by atoms with Gasteiger partial charge < -0.3 is 14.4 Å². The Morgan fingerprint density at radius 3 is 2.64 bits per heavy atom. The van der Waals surface area contributed by atoms with Gasteiger partial charge in [0.15, 0.2) is 5.78 Å². The molecule has 0 spiro atoms. The maximum atomic E-state index is 12.7. The molecule has 5 rings (SSSR count). The van der Waals surface area contributed by atoms with E-state index in [9.17, 15) is 14.7 Å². The van der Waals surface area contributed by atoms with Crippen molar-refractivity contribution in [2.45, 2.75) is 42.6 Å². The molecule has 0 bridgehead atoms. The van der Waals surface area contributed by atoms with Gasteiger partial charge in [0.05, 0.1) is 18.4 Å². The summed E-state index contributed by atoms with van der Waals surface area (Å²) >= 11 is 1.46. The summed E-state index contributed by atoms with van der Waals surface area (Å²) in [4.78, 5) is 29.3. The number of ketones is 1. The molecule has 3 aromatic carbocycles. The zero-order valence-electron chi connectivity index (χ0n) is 19.7. The highest BCUT2D eigenvalue weighted by molar-refractivity contribution is 7.98. The van der Waals surface area contributed by atoms with E-state index in [-0.39, 0.29) is 17.5 Å². The molecule has 0 fully saturated rings. The number of nitrogens with zero attached hydrogens (tertiary/aromatic N) is 2. The number of aromatic carboxylic acids is 1. The van der Waals surface area contributed by atoms with Gasteiger partial charge in [-0.15, -0.1) is 11.8 Å². The number of carboxylic acid groups (broad SMARTS) is 1. The number of carbonyl (C=O) groups is 2. The lowest BCUT2D eigenvalue weighted by atomic mass is 9.87. The zero-order chi connectivity index (χ0) is 24.9. The number of benzene rings is 3. The summed E-state index contributed by atoms with van der Waals surface area (Å²) in [6, 6.07) is 20.8. The van der Waals surface area contributed by atoms with Crippen molar-refractivity contribution < 1.29 is 19.4 Å². The second-order valence-corrected chi connectivity index (χ2v) is 9.73. The maximum absolute atomic E-state index is 12.7. The molecule has 0 radical (unpaired) electrons. The van der Waals surface area contributed by atoms with Crippen LogP contribution in [0, 0.1) is 0 Å². The number of hydrogen-bond donors (Lipinski definition) is 1. The monoisotopic (exact) mass is 498 g/mol. The van der Waals surface area contributed by atoms with Crippen LogP contribution < -0.4 is 4.74 Å². The fourth-order valence-electron chi connectivity index (χ4n) is 4.58. The lowest BCUT2D eigenvalue weighted by Gasteiger charge is -2.26. The predicted octanol–water partition coefficient (Wildman–Crippen LogP) is 6.21. The second-order valence-electron chi connectivity index (χ2n) is 8.71. The molecule has 7 heteroatoms. The Morgan fingerprint density at radius 2 is 1.86 bits per heavy atom. The predicted molar refractivity (Wildman–Crippen MR) is 139 cm³/mol. The van der Waals surface area contributed by atoms with E-state index in [1.165, 1.54) is 11.8 Å². The number of hydrogen-bond acceptors (Lipinski definition) is 5. The fraction of sp³-hybridized carbons (Fsp3) is 0.207. The van der Waals surface area contributed by atoms with Crippen LogP contribution in [0.2, 0.25) is 0 Å². The highest BCUT2D eigenvalue weighted by Gasteiger charge is 2.25. The van der Waals surface area contributed by atoms with Crippen molar-refractivity contribution in [1.82, 2.24) is 9.55 Å². The van der Waals surface area contributed by atoms with Gasteiger partial charge in [0.2, 0.25) is 0 Å². The maximum Gasteiger partial charge on any atom is 0.336 e. The molecule has 4 aromatic rings. The van der Waals surface area contributed by atoms with Crippen molar-refractivity contribution in [3.63, 3.8) is 0 Å². The lowest BCUT2D eigenvalue weighted by Crippen LogP contribution is -2.18.